The molecule has 0 N–H and O–H groups in total. The summed E-state index contributed by atoms with van der Waals surface area (Å²) in [4.78, 5) is 0. The van der Waals surface area contributed by atoms with E-state index in [1.807, 2.05) is 12.2 Å². The lowest BCUT2D eigenvalue weighted by Gasteiger charge is -2.13. The van der Waals surface area contributed by atoms with E-state index in [2.05, 4.69) is 188 Å². The smallest absolute Gasteiger partial charge is 0.0617 e. The molecule has 236 valence electrons. The van der Waals surface area contributed by atoms with Gasteiger partial charge in [-0.05, 0) is 123 Å². The fraction of sp³-hybridized carbons (Fsp3) is 0.0204. The number of para-hydroxylation sites is 1. The molecule has 0 amide bonds. The molecule has 9 rings (SSSR count). The zero-order chi connectivity index (χ0) is 33.6. The van der Waals surface area contributed by atoms with E-state index in [0.717, 1.165) is 0 Å². The lowest BCUT2D eigenvalue weighted by Crippen LogP contribution is -1.87. The Bertz CT molecular complexity index is 2650. The quantitative estimate of drug-likeness (QED) is 0.153. The summed E-state index contributed by atoms with van der Waals surface area (Å²) in [5.74, 6) is 0. The number of fused-ring (bicyclic) bond motifs is 3. The van der Waals surface area contributed by atoms with Crippen molar-refractivity contribution in [3.8, 4) is 55.6 Å². The molecule has 0 aliphatic heterocycles. The van der Waals surface area contributed by atoms with Gasteiger partial charge in [-0.1, -0.05) is 134 Å². The van der Waals surface area contributed by atoms with Crippen molar-refractivity contribution in [2.24, 2.45) is 0 Å². The van der Waals surface area contributed by atoms with Crippen LogP contribution in [0.5, 0.6) is 0 Å². The molecule has 0 spiro atoms. The first-order valence-electron chi connectivity index (χ1n) is 17.2. The third-order valence-corrected chi connectivity index (χ3v) is 10.1. The maximum atomic E-state index is 3.92. The van der Waals surface area contributed by atoms with Gasteiger partial charge in [0.1, 0.15) is 0 Å². The largest absolute Gasteiger partial charge is 0.308 e. The van der Waals surface area contributed by atoms with E-state index in [-0.39, 0.29) is 0 Å². The van der Waals surface area contributed by atoms with Gasteiger partial charge in [-0.3, -0.25) is 0 Å². The molecule has 50 heavy (non-hydrogen) atoms. The van der Waals surface area contributed by atoms with Crippen LogP contribution in [-0.2, 0) is 0 Å². The third kappa shape index (κ3) is 5.03. The molecule has 0 aliphatic rings. The van der Waals surface area contributed by atoms with Crippen molar-refractivity contribution in [1.29, 1.82) is 0 Å². The van der Waals surface area contributed by atoms with Crippen molar-refractivity contribution < 1.29 is 0 Å². The van der Waals surface area contributed by atoms with Crippen LogP contribution in [-0.4, -0.2) is 4.40 Å². The monoisotopic (exact) mass is 637 g/mol. The highest BCUT2D eigenvalue weighted by molar-refractivity contribution is 6.17. The van der Waals surface area contributed by atoms with Gasteiger partial charge in [-0.15, -0.1) is 0 Å². The summed E-state index contributed by atoms with van der Waals surface area (Å²) >= 11 is 0. The van der Waals surface area contributed by atoms with Gasteiger partial charge in [0, 0.05) is 21.9 Å². The average Bonchev–Trinajstić information content (AvgIpc) is 3.67. The van der Waals surface area contributed by atoms with Gasteiger partial charge in [0.15, 0.2) is 0 Å². The van der Waals surface area contributed by atoms with Crippen LogP contribution in [0, 0.1) is 6.92 Å². The Balaban J connectivity index is 1.16. The normalized spacial score (nSPS) is 11.7. The number of hydrogen-bond acceptors (Lipinski definition) is 0. The maximum Gasteiger partial charge on any atom is 0.0617 e. The van der Waals surface area contributed by atoms with Crippen LogP contribution in [0.3, 0.4) is 0 Å². The van der Waals surface area contributed by atoms with Gasteiger partial charge in [0.2, 0.25) is 0 Å². The second-order valence-electron chi connectivity index (χ2n) is 13.1. The zero-order valence-electron chi connectivity index (χ0n) is 28.0. The van der Waals surface area contributed by atoms with Crippen LogP contribution < -0.4 is 0 Å². The van der Waals surface area contributed by atoms with Crippen molar-refractivity contribution in [2.45, 2.75) is 6.92 Å². The highest BCUT2D eigenvalue weighted by Gasteiger charge is 2.20. The highest BCUT2D eigenvalue weighted by atomic mass is 14.9. The number of allylic oxidation sites excluding steroid dienone is 2. The second kappa shape index (κ2) is 12.2. The molecule has 0 saturated carbocycles. The lowest BCUT2D eigenvalue weighted by atomic mass is 9.91. The molecule has 0 saturated heterocycles. The Morgan fingerprint density at radius 2 is 0.860 bits per heavy atom. The topological polar surface area (TPSA) is 4.41 Å². The van der Waals surface area contributed by atoms with E-state index in [9.17, 15) is 0 Å². The Morgan fingerprint density at radius 1 is 0.420 bits per heavy atom. The molecule has 0 atom stereocenters. The lowest BCUT2D eigenvalue weighted by molar-refractivity contribution is 1.25. The van der Waals surface area contributed by atoms with E-state index in [0.29, 0.717) is 0 Å². The minimum absolute atomic E-state index is 1.20. The van der Waals surface area contributed by atoms with E-state index in [4.69, 9.17) is 0 Å². The van der Waals surface area contributed by atoms with Gasteiger partial charge < -0.3 is 4.40 Å². The Labute approximate surface area is 293 Å². The Morgan fingerprint density at radius 3 is 1.44 bits per heavy atom. The third-order valence-electron chi connectivity index (χ3n) is 10.1. The van der Waals surface area contributed by atoms with Crippen molar-refractivity contribution in [3.05, 3.63) is 194 Å². The number of hydrogen-bond donors (Lipinski definition) is 0. The number of aryl methyl sites for hydroxylation is 1. The minimum Gasteiger partial charge on any atom is -0.308 e. The van der Waals surface area contributed by atoms with Crippen molar-refractivity contribution >= 4 is 33.3 Å². The molecule has 1 heteroatoms. The van der Waals surface area contributed by atoms with Gasteiger partial charge in [0.25, 0.3) is 0 Å². The number of rotatable bonds is 7. The standard InChI is InChI=1S/C49H35N/c1-3-4-24-47-33(2)45-31-43(32-46-44-23-11-12-25-48(44)50(47)49(45)46)39-22-14-20-37(27-39)36-19-13-21-38(26-36)42-29-40(34-15-7-5-8-16-34)28-41(30-42)35-17-9-6-10-18-35/h3-32H,1H2,2H3/b24-4-. The molecule has 9 aromatic rings. The summed E-state index contributed by atoms with van der Waals surface area (Å²) in [6, 6.07) is 59.7. The molecular weight excluding hydrogens is 603 g/mol. The number of benzene rings is 7. The zero-order valence-corrected chi connectivity index (χ0v) is 28.0. The van der Waals surface area contributed by atoms with Crippen LogP contribution in [0.15, 0.2) is 183 Å². The predicted octanol–water partition coefficient (Wildman–Crippen LogP) is 13.5. The number of aromatic nitrogens is 1. The van der Waals surface area contributed by atoms with Gasteiger partial charge in [0.05, 0.1) is 11.0 Å². The summed E-state index contributed by atoms with van der Waals surface area (Å²) in [5, 5.41) is 3.85. The SMILES string of the molecule is C=C/C=C\c1c(C)c2cc(-c3cccc(-c4cccc(-c5cc(-c6ccccc6)cc(-c6ccccc6)c5)c4)c3)cc3c4ccccc4n1c23. The van der Waals surface area contributed by atoms with Gasteiger partial charge in [-0.25, -0.2) is 0 Å². The molecule has 1 nitrogen and oxygen atoms in total. The molecule has 0 bridgehead atoms. The van der Waals surface area contributed by atoms with Crippen LogP contribution in [0.25, 0.3) is 88.9 Å². The fourth-order valence-corrected chi connectivity index (χ4v) is 7.61. The molecule has 7 aromatic carbocycles. The minimum atomic E-state index is 1.20. The first-order chi connectivity index (χ1) is 24.7. The van der Waals surface area contributed by atoms with Crippen molar-refractivity contribution in [1.82, 2.24) is 4.40 Å². The van der Waals surface area contributed by atoms with Crippen LogP contribution in [0.2, 0.25) is 0 Å². The molecule has 0 fully saturated rings. The second-order valence-corrected chi connectivity index (χ2v) is 13.1. The van der Waals surface area contributed by atoms with E-state index in [1.54, 1.807) is 0 Å². The summed E-state index contributed by atoms with van der Waals surface area (Å²) in [6.07, 6.45) is 6.06. The number of nitrogens with zero attached hydrogens (tertiary/aromatic N) is 1. The molecule has 0 radical (unpaired) electrons. The highest BCUT2D eigenvalue weighted by Crippen LogP contribution is 2.41. The summed E-state index contributed by atoms with van der Waals surface area (Å²) in [7, 11) is 0. The van der Waals surface area contributed by atoms with Crippen molar-refractivity contribution in [2.75, 3.05) is 0 Å². The van der Waals surface area contributed by atoms with Crippen LogP contribution >= 0.6 is 0 Å². The van der Waals surface area contributed by atoms with Crippen LogP contribution in [0.1, 0.15) is 11.3 Å². The molecule has 2 aromatic heterocycles. The Kier molecular flexibility index (Phi) is 7.25. The maximum absolute atomic E-state index is 3.92. The van der Waals surface area contributed by atoms with Crippen LogP contribution in [0.4, 0.5) is 0 Å². The van der Waals surface area contributed by atoms with Crippen molar-refractivity contribution in [3.63, 3.8) is 0 Å². The summed E-state index contributed by atoms with van der Waals surface area (Å²) < 4.78 is 2.41. The summed E-state index contributed by atoms with van der Waals surface area (Å²) in [6.45, 7) is 6.16. The fourth-order valence-electron chi connectivity index (χ4n) is 7.61. The van der Waals surface area contributed by atoms with E-state index < -0.39 is 0 Å². The summed E-state index contributed by atoms with van der Waals surface area (Å²) in [5.41, 5.74) is 17.1. The first kappa shape index (κ1) is 29.7. The molecule has 2 heterocycles. The predicted molar refractivity (Wildman–Crippen MR) is 215 cm³/mol. The van der Waals surface area contributed by atoms with Gasteiger partial charge in [-0.2, -0.15) is 0 Å². The van der Waals surface area contributed by atoms with E-state index in [1.165, 1.54) is 94.1 Å². The average molecular weight is 638 g/mol. The molecular formula is C49H35N. The molecule has 0 unspecified atom stereocenters. The Hall–Kier alpha value is -6.44. The first-order valence-corrected chi connectivity index (χ1v) is 17.2. The van der Waals surface area contributed by atoms with E-state index >= 15 is 0 Å². The van der Waals surface area contributed by atoms with Gasteiger partial charge >= 0.3 is 0 Å². The molecule has 0 aliphatic carbocycles.